The first-order valence-corrected chi connectivity index (χ1v) is 7.76. The number of methoxy groups -OCH3 is 2. The second kappa shape index (κ2) is 7.51. The van der Waals surface area contributed by atoms with Gasteiger partial charge in [0.1, 0.15) is 11.5 Å². The molecule has 3 rings (SSSR count). The number of allylic oxidation sites excluding steroid dienone is 1. The Labute approximate surface area is 142 Å². The van der Waals surface area contributed by atoms with Gasteiger partial charge in [0.2, 0.25) is 0 Å². The van der Waals surface area contributed by atoms with Gasteiger partial charge >= 0.3 is 0 Å². The molecule has 0 bridgehead atoms. The van der Waals surface area contributed by atoms with Crippen molar-refractivity contribution in [2.24, 2.45) is 0 Å². The van der Waals surface area contributed by atoms with Crippen LogP contribution in [0, 0.1) is 0 Å². The van der Waals surface area contributed by atoms with Crippen molar-refractivity contribution in [3.05, 3.63) is 84.2 Å². The summed E-state index contributed by atoms with van der Waals surface area (Å²) in [6, 6.07) is 17.8. The number of rotatable bonds is 6. The molecule has 0 radical (unpaired) electrons. The fourth-order valence-corrected chi connectivity index (χ4v) is 2.69. The number of hydrogen-bond donors (Lipinski definition) is 0. The zero-order valence-electron chi connectivity index (χ0n) is 13.8. The molecule has 4 heteroatoms. The van der Waals surface area contributed by atoms with Crippen LogP contribution in [-0.4, -0.2) is 24.0 Å². The van der Waals surface area contributed by atoms with E-state index in [-0.39, 0.29) is 6.04 Å². The molecule has 0 saturated heterocycles. The summed E-state index contributed by atoms with van der Waals surface area (Å²) in [5, 5.41) is 4.40. The van der Waals surface area contributed by atoms with Crippen LogP contribution in [0.5, 0.6) is 11.5 Å². The van der Waals surface area contributed by atoms with Crippen molar-refractivity contribution < 1.29 is 9.47 Å². The van der Waals surface area contributed by atoms with Gasteiger partial charge in [0.05, 0.1) is 20.3 Å². The van der Waals surface area contributed by atoms with Crippen molar-refractivity contribution in [2.75, 3.05) is 14.2 Å². The van der Waals surface area contributed by atoms with Crippen LogP contribution in [0.25, 0.3) is 6.08 Å². The summed E-state index contributed by atoms with van der Waals surface area (Å²) >= 11 is 0. The normalized spacial score (nSPS) is 12.2. The molecule has 2 aromatic carbocycles. The van der Waals surface area contributed by atoms with Crippen molar-refractivity contribution >= 4 is 6.08 Å². The molecule has 3 aromatic rings. The van der Waals surface area contributed by atoms with Crippen LogP contribution in [0.2, 0.25) is 0 Å². The lowest BCUT2D eigenvalue weighted by atomic mass is 10.0. The zero-order chi connectivity index (χ0) is 16.8. The lowest BCUT2D eigenvalue weighted by Crippen LogP contribution is -2.10. The van der Waals surface area contributed by atoms with E-state index in [0.717, 1.165) is 22.6 Å². The van der Waals surface area contributed by atoms with Gasteiger partial charge in [-0.15, -0.1) is 0 Å². The average Bonchev–Trinajstić information content (AvgIpc) is 3.17. The quantitative estimate of drug-likeness (QED) is 0.683. The number of nitrogens with zero attached hydrogens (tertiary/aromatic N) is 2. The maximum atomic E-state index is 5.52. The van der Waals surface area contributed by atoms with E-state index in [1.807, 2.05) is 59.4 Å². The fourth-order valence-electron chi connectivity index (χ4n) is 2.69. The molecule has 0 aliphatic heterocycles. The molecule has 24 heavy (non-hydrogen) atoms. The van der Waals surface area contributed by atoms with Crippen molar-refractivity contribution in [3.8, 4) is 11.5 Å². The number of benzene rings is 2. The topological polar surface area (TPSA) is 36.3 Å². The standard InChI is InChI=1S/C20H20N2O2/c1-23-19-10-5-3-8-16(19)12-13-18(22-15-7-14-21-22)17-9-4-6-11-20(17)24-2/h3-15,18H,1-2H3/b13-12+. The third-order valence-electron chi connectivity index (χ3n) is 3.86. The van der Waals surface area contributed by atoms with Gasteiger partial charge in [-0.3, -0.25) is 4.68 Å². The van der Waals surface area contributed by atoms with Crippen LogP contribution in [0.3, 0.4) is 0 Å². The van der Waals surface area contributed by atoms with Gasteiger partial charge in [-0.25, -0.2) is 0 Å². The smallest absolute Gasteiger partial charge is 0.126 e. The van der Waals surface area contributed by atoms with E-state index >= 15 is 0 Å². The third-order valence-corrected chi connectivity index (χ3v) is 3.86. The Bertz CT molecular complexity index is 810. The highest BCUT2D eigenvalue weighted by Gasteiger charge is 2.15. The zero-order valence-corrected chi connectivity index (χ0v) is 13.8. The summed E-state index contributed by atoms with van der Waals surface area (Å²) in [5.41, 5.74) is 2.07. The van der Waals surface area contributed by atoms with Gasteiger partial charge in [0.15, 0.2) is 0 Å². The van der Waals surface area contributed by atoms with E-state index in [1.165, 1.54) is 0 Å². The molecule has 1 heterocycles. The first kappa shape index (κ1) is 15.9. The lowest BCUT2D eigenvalue weighted by Gasteiger charge is -2.17. The number of aromatic nitrogens is 2. The molecule has 1 aromatic heterocycles. The first-order chi connectivity index (χ1) is 11.8. The molecule has 0 N–H and O–H groups in total. The van der Waals surface area contributed by atoms with Crippen molar-refractivity contribution in [1.29, 1.82) is 0 Å². The van der Waals surface area contributed by atoms with Crippen molar-refractivity contribution in [1.82, 2.24) is 9.78 Å². The predicted molar refractivity (Wildman–Crippen MR) is 95.4 cm³/mol. The summed E-state index contributed by atoms with van der Waals surface area (Å²) in [4.78, 5) is 0. The minimum Gasteiger partial charge on any atom is -0.496 e. The molecule has 122 valence electrons. The van der Waals surface area contributed by atoms with Gasteiger partial charge in [-0.05, 0) is 18.2 Å². The molecule has 4 nitrogen and oxygen atoms in total. The highest BCUT2D eigenvalue weighted by Crippen LogP contribution is 2.30. The van der Waals surface area contributed by atoms with Crippen LogP contribution < -0.4 is 9.47 Å². The monoisotopic (exact) mass is 320 g/mol. The molecule has 0 aliphatic carbocycles. The van der Waals surface area contributed by atoms with Gasteiger partial charge in [-0.2, -0.15) is 5.10 Å². The summed E-state index contributed by atoms with van der Waals surface area (Å²) < 4.78 is 12.8. The van der Waals surface area contributed by atoms with Crippen molar-refractivity contribution in [2.45, 2.75) is 6.04 Å². The Morgan fingerprint density at radius 3 is 2.33 bits per heavy atom. The van der Waals surface area contributed by atoms with Crippen LogP contribution in [0.4, 0.5) is 0 Å². The Morgan fingerprint density at radius 1 is 0.917 bits per heavy atom. The number of ether oxygens (including phenoxy) is 2. The van der Waals surface area contributed by atoms with E-state index < -0.39 is 0 Å². The minimum absolute atomic E-state index is 0.0685. The molecule has 1 unspecified atom stereocenters. The van der Waals surface area contributed by atoms with Gasteiger partial charge in [0.25, 0.3) is 0 Å². The lowest BCUT2D eigenvalue weighted by molar-refractivity contribution is 0.404. The summed E-state index contributed by atoms with van der Waals surface area (Å²) in [6.07, 6.45) is 7.88. The largest absolute Gasteiger partial charge is 0.496 e. The number of para-hydroxylation sites is 2. The van der Waals surface area contributed by atoms with Crippen LogP contribution in [0.15, 0.2) is 73.1 Å². The highest BCUT2D eigenvalue weighted by atomic mass is 16.5. The van der Waals surface area contributed by atoms with Gasteiger partial charge < -0.3 is 9.47 Å². The minimum atomic E-state index is -0.0685. The van der Waals surface area contributed by atoms with Crippen LogP contribution >= 0.6 is 0 Å². The Morgan fingerprint density at radius 2 is 1.62 bits per heavy atom. The van der Waals surface area contributed by atoms with Crippen molar-refractivity contribution in [3.63, 3.8) is 0 Å². The van der Waals surface area contributed by atoms with E-state index in [9.17, 15) is 0 Å². The summed E-state index contributed by atoms with van der Waals surface area (Å²) in [7, 11) is 3.36. The molecule has 0 saturated carbocycles. The van der Waals surface area contributed by atoms with Crippen LogP contribution in [0.1, 0.15) is 17.2 Å². The van der Waals surface area contributed by atoms with E-state index in [1.54, 1.807) is 20.4 Å². The molecular formula is C20H20N2O2. The third kappa shape index (κ3) is 3.33. The highest BCUT2D eigenvalue weighted by molar-refractivity contribution is 5.58. The maximum absolute atomic E-state index is 5.52. The van der Waals surface area contributed by atoms with Crippen LogP contribution in [-0.2, 0) is 0 Å². The summed E-state index contributed by atoms with van der Waals surface area (Å²) in [6.45, 7) is 0. The van der Waals surface area contributed by atoms with Gasteiger partial charge in [-0.1, -0.05) is 48.6 Å². The second-order valence-electron chi connectivity index (χ2n) is 5.27. The summed E-state index contributed by atoms with van der Waals surface area (Å²) in [5.74, 6) is 1.68. The molecule has 0 amide bonds. The van der Waals surface area contributed by atoms with Gasteiger partial charge in [0, 0.05) is 23.5 Å². The van der Waals surface area contributed by atoms with E-state index in [2.05, 4.69) is 23.3 Å². The molecular weight excluding hydrogens is 300 g/mol. The SMILES string of the molecule is COc1ccccc1/C=C/C(c1ccccc1OC)n1cccn1. The number of hydrogen-bond acceptors (Lipinski definition) is 3. The maximum Gasteiger partial charge on any atom is 0.126 e. The predicted octanol–water partition coefficient (Wildman–Crippen LogP) is 4.20. The van der Waals surface area contributed by atoms with E-state index in [0.29, 0.717) is 0 Å². The average molecular weight is 320 g/mol. The van der Waals surface area contributed by atoms with E-state index in [4.69, 9.17) is 9.47 Å². The Hall–Kier alpha value is -3.01. The Balaban J connectivity index is 2.02. The molecule has 0 aliphatic rings. The molecule has 1 atom stereocenters. The fraction of sp³-hybridized carbons (Fsp3) is 0.150. The Kier molecular flexibility index (Phi) is 4.96. The molecule has 0 fully saturated rings. The second-order valence-corrected chi connectivity index (χ2v) is 5.27. The molecule has 0 spiro atoms. The first-order valence-electron chi connectivity index (χ1n) is 7.76.